The first-order valence-electron chi connectivity index (χ1n) is 7.85. The largest absolute Gasteiger partial charge is 0.376 e. The number of aromatic nitrogens is 3. The molecule has 1 aliphatic heterocycles. The van der Waals surface area contributed by atoms with Crippen molar-refractivity contribution in [2.24, 2.45) is 0 Å². The summed E-state index contributed by atoms with van der Waals surface area (Å²) in [5.41, 5.74) is 1.51. The number of anilines is 1. The van der Waals surface area contributed by atoms with E-state index in [0.29, 0.717) is 5.65 Å². The smallest absolute Gasteiger partial charge is 0.180 e. The molecule has 0 N–H and O–H groups in total. The fourth-order valence-electron chi connectivity index (χ4n) is 2.88. The van der Waals surface area contributed by atoms with Gasteiger partial charge in [0.15, 0.2) is 5.65 Å². The van der Waals surface area contributed by atoms with Gasteiger partial charge in [0.05, 0.1) is 12.6 Å². The van der Waals surface area contributed by atoms with Gasteiger partial charge in [0.1, 0.15) is 11.3 Å². The van der Waals surface area contributed by atoms with Gasteiger partial charge in [-0.15, -0.1) is 11.3 Å². The number of hydrogen-bond acceptors (Lipinski definition) is 6. The van der Waals surface area contributed by atoms with Crippen molar-refractivity contribution >= 4 is 28.3 Å². The molecule has 1 fully saturated rings. The summed E-state index contributed by atoms with van der Waals surface area (Å²) < 4.78 is 5.82. The standard InChI is InChI=1S/C17H18N4OS/c1-3-13(22-9-1)11-21(12-14-4-2-10-23-14)16-6-5-15-17(20-16)19-8-7-18-15/h2,4-8,10,13H,1,3,9,11-12H2/t13-/m1/s1. The van der Waals surface area contributed by atoms with Gasteiger partial charge in [-0.2, -0.15) is 0 Å². The lowest BCUT2D eigenvalue weighted by atomic mass is 10.2. The summed E-state index contributed by atoms with van der Waals surface area (Å²) in [6.07, 6.45) is 5.93. The van der Waals surface area contributed by atoms with Crippen LogP contribution in [0.25, 0.3) is 11.2 Å². The van der Waals surface area contributed by atoms with Gasteiger partial charge >= 0.3 is 0 Å². The normalized spacial score (nSPS) is 17.7. The molecule has 4 heterocycles. The Hall–Kier alpha value is -2.05. The second kappa shape index (κ2) is 6.60. The predicted octanol–water partition coefficient (Wildman–Crippen LogP) is 3.27. The van der Waals surface area contributed by atoms with E-state index in [1.54, 1.807) is 23.7 Å². The number of thiophene rings is 1. The van der Waals surface area contributed by atoms with E-state index >= 15 is 0 Å². The van der Waals surface area contributed by atoms with Crippen molar-refractivity contribution in [1.29, 1.82) is 0 Å². The van der Waals surface area contributed by atoms with E-state index in [9.17, 15) is 0 Å². The molecule has 6 heteroatoms. The molecule has 0 radical (unpaired) electrons. The SMILES string of the molecule is c1csc(CN(C[C@H]2CCCO2)c2ccc3nccnc3n2)c1. The second-order valence-electron chi connectivity index (χ2n) is 5.66. The van der Waals surface area contributed by atoms with Crippen molar-refractivity contribution in [1.82, 2.24) is 15.0 Å². The van der Waals surface area contributed by atoms with E-state index in [0.717, 1.165) is 43.9 Å². The third-order valence-corrected chi connectivity index (χ3v) is 4.88. The summed E-state index contributed by atoms with van der Waals surface area (Å²) in [5, 5.41) is 2.11. The Morgan fingerprint density at radius 3 is 3.00 bits per heavy atom. The molecule has 118 valence electrons. The Morgan fingerprint density at radius 2 is 2.17 bits per heavy atom. The number of fused-ring (bicyclic) bond motifs is 1. The molecule has 0 spiro atoms. The lowest BCUT2D eigenvalue weighted by molar-refractivity contribution is 0.115. The summed E-state index contributed by atoms with van der Waals surface area (Å²) in [6.45, 7) is 2.57. The van der Waals surface area contributed by atoms with Crippen molar-refractivity contribution in [2.45, 2.75) is 25.5 Å². The predicted molar refractivity (Wildman–Crippen MR) is 91.7 cm³/mol. The second-order valence-corrected chi connectivity index (χ2v) is 6.70. The van der Waals surface area contributed by atoms with Gasteiger partial charge in [-0.1, -0.05) is 6.07 Å². The van der Waals surface area contributed by atoms with Gasteiger partial charge in [0.25, 0.3) is 0 Å². The molecule has 0 saturated carbocycles. The molecule has 0 bridgehead atoms. The number of ether oxygens (including phenoxy) is 1. The first-order valence-corrected chi connectivity index (χ1v) is 8.73. The van der Waals surface area contributed by atoms with Crippen LogP contribution in [-0.4, -0.2) is 34.2 Å². The zero-order valence-corrected chi connectivity index (χ0v) is 13.6. The molecular formula is C17H18N4OS. The van der Waals surface area contributed by atoms with Crippen LogP contribution < -0.4 is 4.90 Å². The summed E-state index contributed by atoms with van der Waals surface area (Å²) in [6, 6.07) is 8.26. The maximum absolute atomic E-state index is 5.82. The van der Waals surface area contributed by atoms with Crippen molar-refractivity contribution in [2.75, 3.05) is 18.1 Å². The Labute approximate surface area is 139 Å². The van der Waals surface area contributed by atoms with Gasteiger partial charge in [0, 0.05) is 30.4 Å². The van der Waals surface area contributed by atoms with Crippen LogP contribution in [0.2, 0.25) is 0 Å². The molecular weight excluding hydrogens is 308 g/mol. The highest BCUT2D eigenvalue weighted by molar-refractivity contribution is 7.09. The van der Waals surface area contributed by atoms with Crippen molar-refractivity contribution < 1.29 is 4.74 Å². The van der Waals surface area contributed by atoms with Gasteiger partial charge in [-0.05, 0) is 36.4 Å². The van der Waals surface area contributed by atoms with Crippen LogP contribution in [0.15, 0.2) is 42.0 Å². The average molecular weight is 326 g/mol. The Bertz CT molecular complexity index is 771. The minimum Gasteiger partial charge on any atom is -0.376 e. The molecule has 0 aromatic carbocycles. The Morgan fingerprint density at radius 1 is 1.22 bits per heavy atom. The first-order chi connectivity index (χ1) is 11.4. The Balaban J connectivity index is 1.63. The summed E-state index contributed by atoms with van der Waals surface area (Å²) in [4.78, 5) is 16.9. The quantitative estimate of drug-likeness (QED) is 0.720. The van der Waals surface area contributed by atoms with Gasteiger partial charge in [-0.25, -0.2) is 9.97 Å². The molecule has 1 aliphatic rings. The molecule has 1 atom stereocenters. The molecule has 1 saturated heterocycles. The van der Waals surface area contributed by atoms with E-state index in [1.165, 1.54) is 4.88 Å². The van der Waals surface area contributed by atoms with E-state index < -0.39 is 0 Å². The van der Waals surface area contributed by atoms with Crippen molar-refractivity contribution in [3.8, 4) is 0 Å². The Kier molecular flexibility index (Phi) is 4.17. The lowest BCUT2D eigenvalue weighted by Crippen LogP contribution is -2.32. The molecule has 3 aromatic heterocycles. The molecule has 0 aliphatic carbocycles. The highest BCUT2D eigenvalue weighted by Gasteiger charge is 2.21. The number of pyridine rings is 1. The fraction of sp³-hybridized carbons (Fsp3) is 0.353. The maximum Gasteiger partial charge on any atom is 0.180 e. The zero-order valence-electron chi connectivity index (χ0n) is 12.8. The van der Waals surface area contributed by atoms with Gasteiger partial charge < -0.3 is 9.64 Å². The van der Waals surface area contributed by atoms with E-state index in [4.69, 9.17) is 9.72 Å². The monoisotopic (exact) mass is 326 g/mol. The minimum atomic E-state index is 0.286. The third kappa shape index (κ3) is 3.33. The van der Waals surface area contributed by atoms with Crippen LogP contribution in [0.5, 0.6) is 0 Å². The molecule has 0 amide bonds. The molecule has 4 rings (SSSR count). The highest BCUT2D eigenvalue weighted by Crippen LogP contribution is 2.22. The highest BCUT2D eigenvalue weighted by atomic mass is 32.1. The number of rotatable bonds is 5. The van der Waals surface area contributed by atoms with Crippen LogP contribution >= 0.6 is 11.3 Å². The molecule has 3 aromatic rings. The topological polar surface area (TPSA) is 51.1 Å². The first kappa shape index (κ1) is 14.5. The molecule has 23 heavy (non-hydrogen) atoms. The fourth-order valence-corrected chi connectivity index (χ4v) is 3.60. The van der Waals surface area contributed by atoms with Crippen molar-refractivity contribution in [3.63, 3.8) is 0 Å². The third-order valence-electron chi connectivity index (χ3n) is 4.02. The van der Waals surface area contributed by atoms with E-state index in [1.807, 2.05) is 12.1 Å². The van der Waals surface area contributed by atoms with E-state index in [2.05, 4.69) is 32.4 Å². The van der Waals surface area contributed by atoms with Crippen molar-refractivity contribution in [3.05, 3.63) is 46.9 Å². The van der Waals surface area contributed by atoms with Crippen LogP contribution in [0.1, 0.15) is 17.7 Å². The van der Waals surface area contributed by atoms with Gasteiger partial charge in [-0.3, -0.25) is 4.98 Å². The zero-order chi connectivity index (χ0) is 15.5. The minimum absolute atomic E-state index is 0.286. The number of hydrogen-bond donors (Lipinski definition) is 0. The van der Waals surface area contributed by atoms with Crippen LogP contribution in [0.4, 0.5) is 5.82 Å². The number of nitrogens with zero attached hydrogens (tertiary/aromatic N) is 4. The van der Waals surface area contributed by atoms with Crippen LogP contribution in [-0.2, 0) is 11.3 Å². The lowest BCUT2D eigenvalue weighted by Gasteiger charge is -2.26. The molecule has 0 unspecified atom stereocenters. The summed E-state index contributed by atoms with van der Waals surface area (Å²) in [5.74, 6) is 0.932. The van der Waals surface area contributed by atoms with E-state index in [-0.39, 0.29) is 6.10 Å². The maximum atomic E-state index is 5.82. The van der Waals surface area contributed by atoms with Crippen LogP contribution in [0, 0.1) is 0 Å². The summed E-state index contributed by atoms with van der Waals surface area (Å²) in [7, 11) is 0. The average Bonchev–Trinajstić information content (AvgIpc) is 3.28. The molecule has 5 nitrogen and oxygen atoms in total. The summed E-state index contributed by atoms with van der Waals surface area (Å²) >= 11 is 1.77. The van der Waals surface area contributed by atoms with Gasteiger partial charge in [0.2, 0.25) is 0 Å². The van der Waals surface area contributed by atoms with Crippen LogP contribution in [0.3, 0.4) is 0 Å².